The van der Waals surface area contributed by atoms with E-state index in [2.05, 4.69) is 17.6 Å². The van der Waals surface area contributed by atoms with E-state index in [1.54, 1.807) is 0 Å². The quantitative estimate of drug-likeness (QED) is 0.640. The Hall–Kier alpha value is -1.49. The van der Waals surface area contributed by atoms with E-state index in [0.717, 1.165) is 24.1 Å². The van der Waals surface area contributed by atoms with E-state index >= 15 is 0 Å². The number of unbranched alkanes of at least 4 members (excludes halogenated alkanes) is 2. The molecule has 0 radical (unpaired) electrons. The number of carbonyl (C=O) groups is 2. The number of anilines is 1. The topological polar surface area (TPSA) is 58.2 Å². The summed E-state index contributed by atoms with van der Waals surface area (Å²) in [5.41, 5.74) is 1.94. The van der Waals surface area contributed by atoms with Crippen LogP contribution in [0.15, 0.2) is 24.3 Å². The van der Waals surface area contributed by atoms with E-state index < -0.39 is 0 Å². The van der Waals surface area contributed by atoms with Crippen molar-refractivity contribution in [1.29, 1.82) is 0 Å². The number of aryl methyl sites for hydroxylation is 1. The summed E-state index contributed by atoms with van der Waals surface area (Å²) in [5.74, 6) is 0.523. The van der Waals surface area contributed by atoms with Crippen molar-refractivity contribution < 1.29 is 9.59 Å². The van der Waals surface area contributed by atoms with Gasteiger partial charge in [0.1, 0.15) is 0 Å². The Morgan fingerprint density at radius 3 is 2.39 bits per heavy atom. The van der Waals surface area contributed by atoms with Crippen LogP contribution in [0.1, 0.15) is 45.1 Å². The second-order valence-electron chi connectivity index (χ2n) is 5.87. The minimum Gasteiger partial charge on any atom is -0.353 e. The summed E-state index contributed by atoms with van der Waals surface area (Å²) in [5, 5.41) is 5.80. The number of carbonyl (C=O) groups excluding carboxylic acids is 2. The van der Waals surface area contributed by atoms with Crippen LogP contribution in [-0.2, 0) is 9.59 Å². The van der Waals surface area contributed by atoms with Gasteiger partial charge in [-0.25, -0.2) is 0 Å². The molecule has 1 rings (SSSR count). The molecule has 0 aliphatic carbocycles. The summed E-state index contributed by atoms with van der Waals surface area (Å²) in [4.78, 5) is 23.6. The molecule has 2 amide bonds. The van der Waals surface area contributed by atoms with Gasteiger partial charge in [0.25, 0.3) is 0 Å². The van der Waals surface area contributed by atoms with Crippen molar-refractivity contribution in [2.24, 2.45) is 0 Å². The molecule has 1 aromatic rings. The highest BCUT2D eigenvalue weighted by Crippen LogP contribution is 2.10. The lowest BCUT2D eigenvalue weighted by Gasteiger charge is -2.13. The zero-order chi connectivity index (χ0) is 17.1. The van der Waals surface area contributed by atoms with Crippen LogP contribution in [0, 0.1) is 6.92 Å². The van der Waals surface area contributed by atoms with E-state index in [1.165, 1.54) is 24.6 Å². The SMILES string of the molecule is CCCCCC(C)NC(=O)CSCC(=O)Nc1ccc(C)cc1. The van der Waals surface area contributed by atoms with E-state index in [9.17, 15) is 9.59 Å². The van der Waals surface area contributed by atoms with Gasteiger partial charge in [-0.3, -0.25) is 9.59 Å². The maximum Gasteiger partial charge on any atom is 0.234 e. The first kappa shape index (κ1) is 19.6. The third kappa shape index (κ3) is 9.29. The standard InChI is InChI=1S/C18H28N2O2S/c1-4-5-6-7-15(3)19-17(21)12-23-13-18(22)20-16-10-8-14(2)9-11-16/h8-11,15H,4-7,12-13H2,1-3H3,(H,19,21)(H,20,22). The minimum atomic E-state index is -0.0809. The van der Waals surface area contributed by atoms with Crippen molar-refractivity contribution in [2.45, 2.75) is 52.5 Å². The van der Waals surface area contributed by atoms with Gasteiger partial charge < -0.3 is 10.6 Å². The Balaban J connectivity index is 2.16. The molecule has 128 valence electrons. The fourth-order valence-electron chi connectivity index (χ4n) is 2.16. The first-order valence-corrected chi connectivity index (χ1v) is 9.40. The molecule has 0 bridgehead atoms. The zero-order valence-corrected chi connectivity index (χ0v) is 15.2. The van der Waals surface area contributed by atoms with E-state index in [0.29, 0.717) is 5.75 Å². The molecule has 0 spiro atoms. The van der Waals surface area contributed by atoms with Crippen LogP contribution in [0.3, 0.4) is 0 Å². The van der Waals surface area contributed by atoms with Gasteiger partial charge in [-0.2, -0.15) is 0 Å². The molecule has 4 nitrogen and oxygen atoms in total. The molecular weight excluding hydrogens is 308 g/mol. The van der Waals surface area contributed by atoms with E-state index in [-0.39, 0.29) is 23.6 Å². The second kappa shape index (κ2) is 11.1. The molecule has 0 heterocycles. The summed E-state index contributed by atoms with van der Waals surface area (Å²) in [6.07, 6.45) is 4.54. The molecule has 1 atom stereocenters. The largest absolute Gasteiger partial charge is 0.353 e. The second-order valence-corrected chi connectivity index (χ2v) is 6.86. The number of hydrogen-bond acceptors (Lipinski definition) is 3. The first-order chi connectivity index (χ1) is 11.0. The first-order valence-electron chi connectivity index (χ1n) is 8.25. The van der Waals surface area contributed by atoms with Gasteiger partial charge in [0.2, 0.25) is 11.8 Å². The van der Waals surface area contributed by atoms with Gasteiger partial charge in [-0.1, -0.05) is 43.9 Å². The fourth-order valence-corrected chi connectivity index (χ4v) is 2.79. The van der Waals surface area contributed by atoms with E-state index in [1.807, 2.05) is 38.1 Å². The Morgan fingerprint density at radius 2 is 1.74 bits per heavy atom. The maximum atomic E-state index is 11.8. The van der Waals surface area contributed by atoms with Crippen molar-refractivity contribution in [3.05, 3.63) is 29.8 Å². The molecule has 5 heteroatoms. The molecule has 0 aliphatic heterocycles. The summed E-state index contributed by atoms with van der Waals surface area (Å²) in [6.45, 7) is 6.20. The third-order valence-electron chi connectivity index (χ3n) is 3.45. The predicted octanol–water partition coefficient (Wildman–Crippen LogP) is 3.75. The lowest BCUT2D eigenvalue weighted by atomic mass is 10.1. The number of amides is 2. The van der Waals surface area contributed by atoms with Crippen molar-refractivity contribution in [2.75, 3.05) is 16.8 Å². The highest BCUT2D eigenvalue weighted by atomic mass is 32.2. The van der Waals surface area contributed by atoms with Crippen molar-refractivity contribution >= 4 is 29.3 Å². The number of rotatable bonds is 10. The molecule has 0 saturated heterocycles. The van der Waals surface area contributed by atoms with Gasteiger partial charge in [0, 0.05) is 11.7 Å². The number of thioether (sulfide) groups is 1. The maximum absolute atomic E-state index is 11.8. The average Bonchev–Trinajstić information content (AvgIpc) is 2.50. The van der Waals surface area contributed by atoms with Gasteiger partial charge in [-0.15, -0.1) is 11.8 Å². The highest BCUT2D eigenvalue weighted by molar-refractivity contribution is 8.00. The summed E-state index contributed by atoms with van der Waals surface area (Å²) in [6, 6.07) is 7.87. The Bertz CT molecular complexity index is 488. The molecular formula is C18H28N2O2S. The molecule has 0 saturated carbocycles. The van der Waals surface area contributed by atoms with Crippen LogP contribution in [-0.4, -0.2) is 29.4 Å². The molecule has 0 aliphatic rings. The van der Waals surface area contributed by atoms with Crippen LogP contribution in [0.4, 0.5) is 5.69 Å². The van der Waals surface area contributed by atoms with Crippen molar-refractivity contribution in [3.63, 3.8) is 0 Å². The van der Waals surface area contributed by atoms with Crippen molar-refractivity contribution in [1.82, 2.24) is 5.32 Å². The Labute approximate surface area is 143 Å². The van der Waals surface area contributed by atoms with Crippen LogP contribution >= 0.6 is 11.8 Å². The fraction of sp³-hybridized carbons (Fsp3) is 0.556. The van der Waals surface area contributed by atoms with Gasteiger partial charge in [0.15, 0.2) is 0 Å². The Kier molecular flexibility index (Phi) is 9.45. The molecule has 2 N–H and O–H groups in total. The molecule has 0 fully saturated rings. The van der Waals surface area contributed by atoms with Crippen LogP contribution in [0.2, 0.25) is 0 Å². The summed E-state index contributed by atoms with van der Waals surface area (Å²) < 4.78 is 0. The predicted molar refractivity (Wildman–Crippen MR) is 98.9 cm³/mol. The number of nitrogens with one attached hydrogen (secondary N) is 2. The zero-order valence-electron chi connectivity index (χ0n) is 14.4. The molecule has 1 unspecified atom stereocenters. The van der Waals surface area contributed by atoms with Crippen LogP contribution < -0.4 is 10.6 Å². The third-order valence-corrected chi connectivity index (χ3v) is 4.38. The van der Waals surface area contributed by atoms with Crippen molar-refractivity contribution in [3.8, 4) is 0 Å². The smallest absolute Gasteiger partial charge is 0.234 e. The lowest BCUT2D eigenvalue weighted by Crippen LogP contribution is -2.34. The Morgan fingerprint density at radius 1 is 1.09 bits per heavy atom. The van der Waals surface area contributed by atoms with Crippen LogP contribution in [0.25, 0.3) is 0 Å². The van der Waals surface area contributed by atoms with Gasteiger partial charge >= 0.3 is 0 Å². The number of benzene rings is 1. The van der Waals surface area contributed by atoms with Gasteiger partial charge in [0.05, 0.1) is 11.5 Å². The number of hydrogen-bond donors (Lipinski definition) is 2. The molecule has 0 aromatic heterocycles. The summed E-state index contributed by atoms with van der Waals surface area (Å²) >= 11 is 1.34. The average molecular weight is 337 g/mol. The van der Waals surface area contributed by atoms with Crippen LogP contribution in [0.5, 0.6) is 0 Å². The van der Waals surface area contributed by atoms with E-state index in [4.69, 9.17) is 0 Å². The van der Waals surface area contributed by atoms with Gasteiger partial charge in [-0.05, 0) is 32.4 Å². The lowest BCUT2D eigenvalue weighted by molar-refractivity contribution is -0.119. The molecule has 1 aromatic carbocycles. The monoisotopic (exact) mass is 336 g/mol. The molecule has 23 heavy (non-hydrogen) atoms. The minimum absolute atomic E-state index is 0.00198. The summed E-state index contributed by atoms with van der Waals surface area (Å²) in [7, 11) is 0. The normalized spacial score (nSPS) is 11.8. The highest BCUT2D eigenvalue weighted by Gasteiger charge is 2.09.